The van der Waals surface area contributed by atoms with Crippen LogP contribution in [0.1, 0.15) is 36.8 Å². The van der Waals surface area contributed by atoms with Gasteiger partial charge in [-0.25, -0.2) is 4.68 Å². The summed E-state index contributed by atoms with van der Waals surface area (Å²) in [6, 6.07) is 2.33. The third-order valence-electron chi connectivity index (χ3n) is 3.07. The SMILES string of the molecule is Cc1nn(C)c(F)c1CNCc1ccn(C(C)C)n1.Cl. The van der Waals surface area contributed by atoms with Gasteiger partial charge in [0.15, 0.2) is 0 Å². The summed E-state index contributed by atoms with van der Waals surface area (Å²) in [7, 11) is 1.61. The monoisotopic (exact) mass is 301 g/mol. The van der Waals surface area contributed by atoms with Crippen LogP contribution < -0.4 is 5.32 Å². The Balaban J connectivity index is 0.00000200. The molecular weight excluding hydrogens is 281 g/mol. The highest BCUT2D eigenvalue weighted by Gasteiger charge is 2.12. The van der Waals surface area contributed by atoms with Crippen LogP contribution in [0.2, 0.25) is 0 Å². The standard InChI is InChI=1S/C13H20FN5.ClH/c1-9(2)19-6-5-11(17-19)7-15-8-12-10(3)16-18(4)13(12)14;/h5-6,9,15H,7-8H2,1-4H3;1H. The molecule has 0 aliphatic heterocycles. The van der Waals surface area contributed by atoms with E-state index in [1.54, 1.807) is 7.05 Å². The molecular formula is C13H21ClFN5. The van der Waals surface area contributed by atoms with E-state index in [1.165, 1.54) is 4.68 Å². The summed E-state index contributed by atoms with van der Waals surface area (Å²) in [5.74, 6) is -0.280. The van der Waals surface area contributed by atoms with Gasteiger partial charge in [0.1, 0.15) is 0 Å². The van der Waals surface area contributed by atoms with Crippen molar-refractivity contribution in [2.75, 3.05) is 0 Å². The van der Waals surface area contributed by atoms with E-state index in [2.05, 4.69) is 29.4 Å². The maximum Gasteiger partial charge on any atom is 0.215 e. The molecule has 0 saturated heterocycles. The fourth-order valence-corrected chi connectivity index (χ4v) is 1.95. The van der Waals surface area contributed by atoms with Crippen LogP contribution in [-0.2, 0) is 20.1 Å². The lowest BCUT2D eigenvalue weighted by Crippen LogP contribution is -2.15. The fourth-order valence-electron chi connectivity index (χ4n) is 1.95. The van der Waals surface area contributed by atoms with Crippen molar-refractivity contribution in [1.29, 1.82) is 0 Å². The maximum atomic E-state index is 13.7. The molecule has 7 heteroatoms. The molecule has 0 bridgehead atoms. The normalized spacial score (nSPS) is 10.9. The van der Waals surface area contributed by atoms with Gasteiger partial charge in [-0.05, 0) is 26.8 Å². The first-order chi connectivity index (χ1) is 8.99. The van der Waals surface area contributed by atoms with Gasteiger partial charge in [-0.15, -0.1) is 12.4 Å². The average Bonchev–Trinajstić information content (AvgIpc) is 2.90. The van der Waals surface area contributed by atoms with Crippen molar-refractivity contribution in [2.24, 2.45) is 7.05 Å². The molecule has 1 N–H and O–H groups in total. The first-order valence-electron chi connectivity index (χ1n) is 6.41. The second-order valence-electron chi connectivity index (χ2n) is 4.96. The smallest absolute Gasteiger partial charge is 0.215 e. The van der Waals surface area contributed by atoms with E-state index in [9.17, 15) is 4.39 Å². The van der Waals surface area contributed by atoms with E-state index in [0.717, 1.165) is 11.4 Å². The van der Waals surface area contributed by atoms with Crippen LogP contribution in [-0.4, -0.2) is 19.6 Å². The molecule has 0 spiro atoms. The zero-order valence-corrected chi connectivity index (χ0v) is 13.0. The third-order valence-corrected chi connectivity index (χ3v) is 3.07. The van der Waals surface area contributed by atoms with Gasteiger partial charge in [0.05, 0.1) is 11.4 Å². The van der Waals surface area contributed by atoms with E-state index >= 15 is 0 Å². The van der Waals surface area contributed by atoms with E-state index in [1.807, 2.05) is 23.9 Å². The van der Waals surface area contributed by atoms with Crippen LogP contribution in [0, 0.1) is 12.9 Å². The number of aromatic nitrogens is 4. The number of rotatable bonds is 5. The van der Waals surface area contributed by atoms with Crippen LogP contribution in [0.4, 0.5) is 4.39 Å². The topological polar surface area (TPSA) is 47.7 Å². The zero-order valence-electron chi connectivity index (χ0n) is 12.2. The van der Waals surface area contributed by atoms with Crippen molar-refractivity contribution in [1.82, 2.24) is 24.9 Å². The van der Waals surface area contributed by atoms with Gasteiger partial charge in [0.2, 0.25) is 5.95 Å². The summed E-state index contributed by atoms with van der Waals surface area (Å²) in [6.07, 6.45) is 1.96. The minimum absolute atomic E-state index is 0. The molecule has 5 nitrogen and oxygen atoms in total. The predicted octanol–water partition coefficient (Wildman–Crippen LogP) is 2.36. The average molecular weight is 302 g/mol. The van der Waals surface area contributed by atoms with Crippen LogP contribution >= 0.6 is 12.4 Å². The van der Waals surface area contributed by atoms with Gasteiger partial charge in [0, 0.05) is 37.9 Å². The second kappa shape index (κ2) is 6.85. The predicted molar refractivity (Wildman–Crippen MR) is 78.3 cm³/mol. The Morgan fingerprint density at radius 1 is 1.30 bits per heavy atom. The lowest BCUT2D eigenvalue weighted by molar-refractivity contribution is 0.488. The first-order valence-corrected chi connectivity index (χ1v) is 6.41. The van der Waals surface area contributed by atoms with Gasteiger partial charge in [-0.1, -0.05) is 0 Å². The molecule has 0 saturated carbocycles. The van der Waals surface area contributed by atoms with Crippen molar-refractivity contribution in [3.8, 4) is 0 Å². The highest BCUT2D eigenvalue weighted by atomic mass is 35.5. The number of nitrogens with one attached hydrogen (secondary N) is 1. The molecule has 20 heavy (non-hydrogen) atoms. The Kier molecular flexibility index (Phi) is 5.71. The number of hydrogen-bond donors (Lipinski definition) is 1. The van der Waals surface area contributed by atoms with E-state index in [-0.39, 0.29) is 18.4 Å². The first kappa shape index (κ1) is 16.7. The number of hydrogen-bond acceptors (Lipinski definition) is 3. The van der Waals surface area contributed by atoms with E-state index in [4.69, 9.17) is 0 Å². The zero-order chi connectivity index (χ0) is 14.0. The lowest BCUT2D eigenvalue weighted by atomic mass is 10.2. The van der Waals surface area contributed by atoms with Crippen molar-refractivity contribution in [2.45, 2.75) is 39.9 Å². The van der Waals surface area contributed by atoms with Gasteiger partial charge in [-0.3, -0.25) is 4.68 Å². The summed E-state index contributed by atoms with van der Waals surface area (Å²) < 4.78 is 16.9. The highest BCUT2D eigenvalue weighted by molar-refractivity contribution is 5.85. The molecule has 0 atom stereocenters. The summed E-state index contributed by atoms with van der Waals surface area (Å²) >= 11 is 0. The number of aryl methyl sites for hydroxylation is 2. The Morgan fingerprint density at radius 2 is 2.00 bits per heavy atom. The molecule has 0 radical (unpaired) electrons. The van der Waals surface area contributed by atoms with Gasteiger partial charge in [-0.2, -0.15) is 14.6 Å². The lowest BCUT2D eigenvalue weighted by Gasteiger charge is -2.04. The van der Waals surface area contributed by atoms with Crippen molar-refractivity contribution < 1.29 is 4.39 Å². The van der Waals surface area contributed by atoms with Gasteiger partial charge < -0.3 is 5.32 Å². The molecule has 2 rings (SSSR count). The van der Waals surface area contributed by atoms with Crippen molar-refractivity contribution in [3.05, 3.63) is 35.2 Å². The Bertz CT molecular complexity index is 561. The third kappa shape index (κ3) is 3.58. The van der Waals surface area contributed by atoms with Crippen LogP contribution in [0.25, 0.3) is 0 Å². The molecule has 0 aliphatic carbocycles. The summed E-state index contributed by atoms with van der Waals surface area (Å²) in [4.78, 5) is 0. The van der Waals surface area contributed by atoms with Crippen LogP contribution in [0.15, 0.2) is 12.3 Å². The Hall–Kier alpha value is -1.40. The van der Waals surface area contributed by atoms with E-state index in [0.29, 0.717) is 24.7 Å². The number of nitrogens with zero attached hydrogens (tertiary/aromatic N) is 4. The summed E-state index contributed by atoms with van der Waals surface area (Å²) in [5, 5.41) is 11.7. The Morgan fingerprint density at radius 3 is 2.50 bits per heavy atom. The maximum absolute atomic E-state index is 13.7. The van der Waals surface area contributed by atoms with Crippen molar-refractivity contribution >= 4 is 12.4 Å². The molecule has 0 aromatic carbocycles. The number of halogens is 2. The molecule has 0 amide bonds. The Labute approximate surface area is 124 Å². The molecule has 0 fully saturated rings. The molecule has 2 aromatic rings. The van der Waals surface area contributed by atoms with Gasteiger partial charge in [0.25, 0.3) is 0 Å². The fraction of sp³-hybridized carbons (Fsp3) is 0.538. The minimum Gasteiger partial charge on any atom is -0.307 e. The van der Waals surface area contributed by atoms with Gasteiger partial charge >= 0.3 is 0 Å². The molecule has 0 aliphatic rings. The minimum atomic E-state index is -0.280. The van der Waals surface area contributed by atoms with Crippen molar-refractivity contribution in [3.63, 3.8) is 0 Å². The molecule has 112 valence electrons. The van der Waals surface area contributed by atoms with E-state index < -0.39 is 0 Å². The molecule has 0 unspecified atom stereocenters. The molecule has 2 heterocycles. The largest absolute Gasteiger partial charge is 0.307 e. The second-order valence-corrected chi connectivity index (χ2v) is 4.96. The highest BCUT2D eigenvalue weighted by Crippen LogP contribution is 2.11. The molecule has 2 aromatic heterocycles. The quantitative estimate of drug-likeness (QED) is 0.922. The van der Waals surface area contributed by atoms with Crippen LogP contribution in [0.3, 0.4) is 0 Å². The van der Waals surface area contributed by atoms with Crippen LogP contribution in [0.5, 0.6) is 0 Å². The summed E-state index contributed by atoms with van der Waals surface area (Å²) in [5.41, 5.74) is 2.29. The summed E-state index contributed by atoms with van der Waals surface area (Å²) in [6.45, 7) is 7.05.